The Balaban J connectivity index is 1.45. The van der Waals surface area contributed by atoms with E-state index in [2.05, 4.69) is 10.0 Å². The van der Waals surface area contributed by atoms with Gasteiger partial charge in [-0.3, -0.25) is 9.52 Å². The van der Waals surface area contributed by atoms with Crippen LogP contribution in [0.2, 0.25) is 0 Å². The fourth-order valence-electron chi connectivity index (χ4n) is 4.91. The zero-order valence-corrected chi connectivity index (χ0v) is 18.2. The van der Waals surface area contributed by atoms with Crippen LogP contribution in [0.25, 0.3) is 0 Å². The molecule has 30 heavy (non-hydrogen) atoms. The van der Waals surface area contributed by atoms with Crippen molar-refractivity contribution in [1.29, 1.82) is 0 Å². The molecule has 2 aliphatic rings. The minimum atomic E-state index is -3.79. The van der Waals surface area contributed by atoms with Crippen LogP contribution in [-0.4, -0.2) is 21.4 Å². The molecule has 1 amide bonds. The number of sulfonamides is 1. The molecule has 2 fully saturated rings. The highest BCUT2D eigenvalue weighted by atomic mass is 32.2. The van der Waals surface area contributed by atoms with Crippen molar-refractivity contribution in [2.24, 2.45) is 17.8 Å². The molecule has 2 saturated carbocycles. The highest BCUT2D eigenvalue weighted by Gasteiger charge is 2.40. The van der Waals surface area contributed by atoms with Crippen molar-refractivity contribution in [2.45, 2.75) is 43.9 Å². The average Bonchev–Trinajstić information content (AvgIpc) is 3.33. The second-order valence-corrected chi connectivity index (χ2v) is 10.2. The monoisotopic (exact) mass is 428 g/mol. The van der Waals surface area contributed by atoms with E-state index in [0.29, 0.717) is 40.9 Å². The molecule has 6 nitrogen and oxygen atoms in total. The largest absolute Gasteiger partial charge is 0.497 e. The van der Waals surface area contributed by atoms with Crippen molar-refractivity contribution in [2.75, 3.05) is 17.1 Å². The summed E-state index contributed by atoms with van der Waals surface area (Å²) in [7, 11) is -2.24. The molecule has 0 saturated heterocycles. The molecule has 0 aliphatic heterocycles. The van der Waals surface area contributed by atoms with Crippen molar-refractivity contribution in [3.05, 3.63) is 48.0 Å². The zero-order valence-electron chi connectivity index (χ0n) is 17.4. The molecule has 2 aromatic rings. The van der Waals surface area contributed by atoms with Crippen molar-refractivity contribution in [3.63, 3.8) is 0 Å². The Morgan fingerprint density at radius 3 is 2.43 bits per heavy atom. The summed E-state index contributed by atoms with van der Waals surface area (Å²) in [6.45, 7) is 1.74. The van der Waals surface area contributed by atoms with Crippen LogP contribution in [-0.2, 0) is 14.8 Å². The summed E-state index contributed by atoms with van der Waals surface area (Å²) in [5, 5.41) is 2.90. The van der Waals surface area contributed by atoms with Gasteiger partial charge >= 0.3 is 0 Å². The summed E-state index contributed by atoms with van der Waals surface area (Å²) < 4.78 is 33.5. The summed E-state index contributed by atoms with van der Waals surface area (Å²) in [4.78, 5) is 12.7. The number of carbonyl (C=O) groups excluding carboxylic acids is 1. The lowest BCUT2D eigenvalue weighted by Gasteiger charge is -2.21. The minimum Gasteiger partial charge on any atom is -0.497 e. The molecule has 2 bridgehead atoms. The lowest BCUT2D eigenvalue weighted by molar-refractivity contribution is -0.117. The first-order valence-corrected chi connectivity index (χ1v) is 11.9. The third-order valence-corrected chi connectivity index (χ3v) is 7.96. The Labute approximate surface area is 178 Å². The zero-order chi connectivity index (χ0) is 21.3. The van der Waals surface area contributed by atoms with Gasteiger partial charge in [-0.1, -0.05) is 12.5 Å². The van der Waals surface area contributed by atoms with E-state index in [9.17, 15) is 13.2 Å². The quantitative estimate of drug-likeness (QED) is 0.677. The van der Waals surface area contributed by atoms with E-state index >= 15 is 0 Å². The number of benzene rings is 2. The van der Waals surface area contributed by atoms with Gasteiger partial charge in [-0.05, 0) is 85.9 Å². The maximum Gasteiger partial charge on any atom is 0.262 e. The first-order chi connectivity index (χ1) is 14.3. The predicted molar refractivity (Wildman–Crippen MR) is 117 cm³/mol. The van der Waals surface area contributed by atoms with Gasteiger partial charge in [-0.15, -0.1) is 0 Å². The van der Waals surface area contributed by atoms with Gasteiger partial charge in [0.1, 0.15) is 5.75 Å². The second kappa shape index (κ2) is 8.30. The van der Waals surface area contributed by atoms with Gasteiger partial charge in [-0.2, -0.15) is 0 Å². The van der Waals surface area contributed by atoms with Crippen molar-refractivity contribution >= 4 is 27.3 Å². The summed E-state index contributed by atoms with van der Waals surface area (Å²) in [5.41, 5.74) is 1.56. The summed E-state index contributed by atoms with van der Waals surface area (Å²) in [6.07, 6.45) is 5.48. The number of nitrogens with one attached hydrogen (secondary N) is 2. The van der Waals surface area contributed by atoms with Crippen LogP contribution in [0.4, 0.5) is 11.4 Å². The molecule has 4 rings (SSSR count). The number of hydrogen-bond acceptors (Lipinski definition) is 4. The Morgan fingerprint density at radius 2 is 1.80 bits per heavy atom. The maximum atomic E-state index is 12.9. The lowest BCUT2D eigenvalue weighted by Crippen LogP contribution is -2.21. The number of carbonyl (C=O) groups is 1. The topological polar surface area (TPSA) is 84.5 Å². The first-order valence-electron chi connectivity index (χ1n) is 10.4. The van der Waals surface area contributed by atoms with Gasteiger partial charge in [0.25, 0.3) is 10.0 Å². The standard InChI is InChI=1S/C23H28N2O4S/c1-15-3-6-20(24-23(26)13-18-12-16-4-5-17(18)11-16)14-22(15)30(27,28)25-19-7-9-21(29-2)10-8-19/h3,6-10,14,16-18,25H,4-5,11-13H2,1-2H3,(H,24,26)/t16-,17+,18-/m0/s1. The summed E-state index contributed by atoms with van der Waals surface area (Å²) in [6, 6.07) is 11.7. The first kappa shape index (κ1) is 20.7. The molecule has 0 spiro atoms. The van der Waals surface area contributed by atoms with Crippen LogP contribution < -0.4 is 14.8 Å². The smallest absolute Gasteiger partial charge is 0.262 e. The highest BCUT2D eigenvalue weighted by molar-refractivity contribution is 7.92. The van der Waals surface area contributed by atoms with Crippen molar-refractivity contribution in [1.82, 2.24) is 0 Å². The third-order valence-electron chi connectivity index (χ3n) is 6.44. The maximum absolute atomic E-state index is 12.9. The number of fused-ring (bicyclic) bond motifs is 2. The van der Waals surface area contributed by atoms with E-state index in [4.69, 9.17) is 4.74 Å². The van der Waals surface area contributed by atoms with Crippen LogP contribution in [0.5, 0.6) is 5.75 Å². The number of methoxy groups -OCH3 is 1. The summed E-state index contributed by atoms with van der Waals surface area (Å²) in [5.74, 6) is 2.56. The predicted octanol–water partition coefficient (Wildman–Crippen LogP) is 4.57. The van der Waals surface area contributed by atoms with Crippen LogP contribution in [0.15, 0.2) is 47.4 Å². The number of aryl methyl sites for hydroxylation is 1. The fourth-order valence-corrected chi connectivity index (χ4v) is 6.24. The van der Waals surface area contributed by atoms with Gasteiger partial charge in [-0.25, -0.2) is 8.42 Å². The fraction of sp³-hybridized carbons (Fsp3) is 0.435. The lowest BCUT2D eigenvalue weighted by atomic mass is 9.86. The second-order valence-electron chi connectivity index (χ2n) is 8.50. The number of hydrogen-bond donors (Lipinski definition) is 2. The molecular formula is C23H28N2O4S. The van der Waals surface area contributed by atoms with Crippen LogP contribution >= 0.6 is 0 Å². The molecule has 0 radical (unpaired) electrons. The molecule has 0 heterocycles. The summed E-state index contributed by atoms with van der Waals surface area (Å²) >= 11 is 0. The minimum absolute atomic E-state index is 0.0390. The van der Waals surface area contributed by atoms with E-state index < -0.39 is 10.0 Å². The molecule has 2 aromatic carbocycles. The van der Waals surface area contributed by atoms with Gasteiger partial charge in [0.05, 0.1) is 12.0 Å². The molecule has 2 N–H and O–H groups in total. The van der Waals surface area contributed by atoms with E-state index in [0.717, 1.165) is 12.3 Å². The molecule has 2 aliphatic carbocycles. The van der Waals surface area contributed by atoms with Gasteiger partial charge in [0.15, 0.2) is 0 Å². The third kappa shape index (κ3) is 4.46. The van der Waals surface area contributed by atoms with Crippen molar-refractivity contribution < 1.29 is 17.9 Å². The van der Waals surface area contributed by atoms with E-state index in [-0.39, 0.29) is 10.8 Å². The number of anilines is 2. The molecular weight excluding hydrogens is 400 g/mol. The number of ether oxygens (including phenoxy) is 1. The Morgan fingerprint density at radius 1 is 1.07 bits per heavy atom. The van der Waals surface area contributed by atoms with Gasteiger partial charge in [0.2, 0.25) is 5.91 Å². The van der Waals surface area contributed by atoms with Gasteiger partial charge in [0, 0.05) is 17.8 Å². The molecule has 160 valence electrons. The van der Waals surface area contributed by atoms with E-state index in [1.54, 1.807) is 50.4 Å². The Kier molecular flexibility index (Phi) is 5.73. The SMILES string of the molecule is COc1ccc(NS(=O)(=O)c2cc(NC(=O)C[C@@H]3C[C@H]4CC[C@@H]3C4)ccc2C)cc1. The number of amides is 1. The van der Waals surface area contributed by atoms with Crippen molar-refractivity contribution in [3.8, 4) is 5.75 Å². The van der Waals surface area contributed by atoms with E-state index in [1.165, 1.54) is 25.3 Å². The normalized spacial score (nSPS) is 22.7. The average molecular weight is 429 g/mol. The Hall–Kier alpha value is -2.54. The molecule has 0 aromatic heterocycles. The van der Waals surface area contributed by atoms with Gasteiger partial charge < -0.3 is 10.1 Å². The number of rotatable bonds is 7. The van der Waals surface area contributed by atoms with Crippen LogP contribution in [0, 0.1) is 24.7 Å². The highest BCUT2D eigenvalue weighted by Crippen LogP contribution is 2.49. The van der Waals surface area contributed by atoms with Crippen LogP contribution in [0.1, 0.15) is 37.7 Å². The van der Waals surface area contributed by atoms with E-state index in [1.807, 2.05) is 0 Å². The molecule has 3 atom stereocenters. The Bertz CT molecular complexity index is 1030. The molecule has 0 unspecified atom stereocenters. The molecule has 7 heteroatoms. The van der Waals surface area contributed by atoms with Crippen LogP contribution in [0.3, 0.4) is 0 Å².